The van der Waals surface area contributed by atoms with E-state index in [1.54, 1.807) is 6.20 Å². The zero-order valence-electron chi connectivity index (χ0n) is 19.6. The van der Waals surface area contributed by atoms with Gasteiger partial charge in [-0.05, 0) is 56.9 Å². The molecule has 7 rings (SSSR count). The number of ether oxygens (including phenoxy) is 3. The predicted octanol–water partition coefficient (Wildman–Crippen LogP) is 3.62. The fourth-order valence-corrected chi connectivity index (χ4v) is 5.62. The summed E-state index contributed by atoms with van der Waals surface area (Å²) in [4.78, 5) is 22.7. The molecule has 34 heavy (non-hydrogen) atoms. The highest BCUT2D eigenvalue weighted by Crippen LogP contribution is 2.40. The fraction of sp³-hybridized carbons (Fsp3) is 0.538. The number of hydrogen-bond donors (Lipinski definition) is 1. The topological polar surface area (TPSA) is 76.2 Å². The second-order valence-corrected chi connectivity index (χ2v) is 9.58. The molecule has 1 aromatic carbocycles. The summed E-state index contributed by atoms with van der Waals surface area (Å²) in [6.07, 6.45) is 5.44. The van der Waals surface area contributed by atoms with Crippen LogP contribution in [0, 0.1) is 0 Å². The van der Waals surface area contributed by atoms with Gasteiger partial charge in [-0.25, -0.2) is 4.98 Å². The van der Waals surface area contributed by atoms with Crippen LogP contribution in [0.2, 0.25) is 0 Å². The molecule has 0 spiro atoms. The third kappa shape index (κ3) is 4.04. The molecule has 5 aliphatic rings. The monoisotopic (exact) mass is 464 g/mol. The summed E-state index contributed by atoms with van der Waals surface area (Å²) in [5.74, 6) is 0.786. The van der Waals surface area contributed by atoms with Gasteiger partial charge in [-0.15, -0.1) is 0 Å². The van der Waals surface area contributed by atoms with Crippen molar-refractivity contribution in [1.82, 2.24) is 4.98 Å². The Balaban J connectivity index is 1.32. The molecule has 1 amide bonds. The van der Waals surface area contributed by atoms with E-state index in [0.29, 0.717) is 38.3 Å². The van der Waals surface area contributed by atoms with Gasteiger partial charge in [-0.2, -0.15) is 0 Å². The third-order valence-electron chi connectivity index (χ3n) is 7.44. The summed E-state index contributed by atoms with van der Waals surface area (Å²) >= 11 is 0. The van der Waals surface area contributed by atoms with Gasteiger partial charge in [0.1, 0.15) is 11.9 Å². The quantitative estimate of drug-likeness (QED) is 0.741. The van der Waals surface area contributed by atoms with Gasteiger partial charge in [0, 0.05) is 30.6 Å². The van der Waals surface area contributed by atoms with Gasteiger partial charge in [0.2, 0.25) is 0 Å². The van der Waals surface area contributed by atoms with Crippen LogP contribution in [0.3, 0.4) is 0 Å². The van der Waals surface area contributed by atoms with Crippen molar-refractivity contribution in [1.29, 1.82) is 0 Å². The van der Waals surface area contributed by atoms with Crippen molar-refractivity contribution >= 4 is 28.8 Å². The number of anilines is 4. The molecule has 4 fully saturated rings. The Morgan fingerprint density at radius 1 is 1.18 bits per heavy atom. The standard InChI is InChI=1S/C26H32N4O4/c1-2-32-21-8-10-24(34-16-21)26(31)30-13-17-4-3-11-27-25(17)28-22-9-6-18(12-23(22)30)29-14-20-7-5-19(29)15-33-20/h3-4,6,9,11-12,19-21,24H,2,5,7-8,10,13-16H2,1H3,(H,27,28)/t19-,20-,21-,24+/m0/s1. The summed E-state index contributed by atoms with van der Waals surface area (Å²) in [6.45, 7) is 5.23. The van der Waals surface area contributed by atoms with E-state index in [1.165, 1.54) is 0 Å². The minimum absolute atomic E-state index is 0.00431. The van der Waals surface area contributed by atoms with Crippen molar-refractivity contribution < 1.29 is 19.0 Å². The van der Waals surface area contributed by atoms with Crippen LogP contribution < -0.4 is 15.1 Å². The molecule has 180 valence electrons. The van der Waals surface area contributed by atoms with Crippen LogP contribution in [0.25, 0.3) is 0 Å². The van der Waals surface area contributed by atoms with E-state index in [4.69, 9.17) is 14.2 Å². The van der Waals surface area contributed by atoms with Crippen molar-refractivity contribution in [3.8, 4) is 0 Å². The Morgan fingerprint density at radius 2 is 2.12 bits per heavy atom. The lowest BCUT2D eigenvalue weighted by Gasteiger charge is -2.46. The van der Waals surface area contributed by atoms with E-state index in [2.05, 4.69) is 33.4 Å². The molecular formula is C26H32N4O4. The van der Waals surface area contributed by atoms with Crippen LogP contribution in [-0.2, 0) is 25.5 Å². The third-order valence-corrected chi connectivity index (χ3v) is 7.44. The van der Waals surface area contributed by atoms with Crippen LogP contribution >= 0.6 is 0 Å². The molecule has 2 aromatic rings. The summed E-state index contributed by atoms with van der Waals surface area (Å²) < 4.78 is 17.6. The Bertz CT molecular complexity index is 1050. The zero-order chi connectivity index (χ0) is 23.1. The first-order chi connectivity index (χ1) is 16.7. The molecule has 1 N–H and O–H groups in total. The number of benzene rings is 1. The smallest absolute Gasteiger partial charge is 0.256 e. The maximum Gasteiger partial charge on any atom is 0.256 e. The number of hydrogen-bond acceptors (Lipinski definition) is 7. The lowest BCUT2D eigenvalue weighted by Crippen LogP contribution is -2.54. The minimum Gasteiger partial charge on any atom is -0.376 e. The molecular weight excluding hydrogens is 432 g/mol. The number of morpholine rings is 1. The first-order valence-corrected chi connectivity index (χ1v) is 12.5. The minimum atomic E-state index is -0.467. The number of piperidine rings is 1. The van der Waals surface area contributed by atoms with Gasteiger partial charge in [0.15, 0.2) is 0 Å². The van der Waals surface area contributed by atoms with E-state index < -0.39 is 6.10 Å². The number of nitrogens with one attached hydrogen (secondary N) is 1. The van der Waals surface area contributed by atoms with E-state index in [0.717, 1.165) is 60.9 Å². The number of carbonyl (C=O) groups excluding carboxylic acids is 1. The maximum atomic E-state index is 13.8. The van der Waals surface area contributed by atoms with Crippen molar-refractivity contribution in [2.45, 2.75) is 63.5 Å². The van der Waals surface area contributed by atoms with E-state index in [9.17, 15) is 4.79 Å². The molecule has 6 heterocycles. The van der Waals surface area contributed by atoms with Crippen molar-refractivity contribution in [2.24, 2.45) is 0 Å². The fourth-order valence-electron chi connectivity index (χ4n) is 5.62. The lowest BCUT2D eigenvalue weighted by molar-refractivity contribution is -0.140. The van der Waals surface area contributed by atoms with Crippen LogP contribution in [-0.4, -0.2) is 61.6 Å². The number of fused-ring (bicyclic) bond motifs is 5. The van der Waals surface area contributed by atoms with Crippen LogP contribution in [0.5, 0.6) is 0 Å². The molecule has 0 saturated carbocycles. The summed E-state index contributed by atoms with van der Waals surface area (Å²) in [5.41, 5.74) is 3.88. The number of aromatic nitrogens is 1. The highest BCUT2D eigenvalue weighted by Gasteiger charge is 2.37. The number of amides is 1. The summed E-state index contributed by atoms with van der Waals surface area (Å²) in [6, 6.07) is 10.7. The lowest BCUT2D eigenvalue weighted by atomic mass is 9.96. The Labute approximate surface area is 200 Å². The van der Waals surface area contributed by atoms with Gasteiger partial charge < -0.3 is 29.3 Å². The molecule has 4 saturated heterocycles. The molecule has 1 aromatic heterocycles. The second kappa shape index (κ2) is 9.17. The zero-order valence-corrected chi connectivity index (χ0v) is 19.6. The highest BCUT2D eigenvalue weighted by atomic mass is 16.5. The number of nitrogens with zero attached hydrogens (tertiary/aromatic N) is 3. The normalized spacial score (nSPS) is 28.0. The highest BCUT2D eigenvalue weighted by molar-refractivity contribution is 6.01. The first-order valence-electron chi connectivity index (χ1n) is 12.5. The average molecular weight is 465 g/mol. The molecule has 4 atom stereocenters. The van der Waals surface area contributed by atoms with Crippen molar-refractivity contribution in [3.05, 3.63) is 42.1 Å². The first kappa shape index (κ1) is 21.8. The van der Waals surface area contributed by atoms with Gasteiger partial charge >= 0.3 is 0 Å². The van der Waals surface area contributed by atoms with E-state index in [1.807, 2.05) is 24.0 Å². The van der Waals surface area contributed by atoms with Gasteiger partial charge in [0.25, 0.3) is 5.91 Å². The SMILES string of the molecule is CCO[C@H]1CC[C@H](C(=O)N2Cc3cccnc3Nc3ccc(N4C[C@@H]5CC[C@H]4CO5)cc32)OC1. The van der Waals surface area contributed by atoms with Gasteiger partial charge in [-0.1, -0.05) is 6.07 Å². The number of pyridine rings is 1. The molecule has 8 nitrogen and oxygen atoms in total. The Morgan fingerprint density at radius 3 is 2.85 bits per heavy atom. The van der Waals surface area contributed by atoms with Crippen LogP contribution in [0.1, 0.15) is 38.2 Å². The molecule has 5 aliphatic heterocycles. The van der Waals surface area contributed by atoms with E-state index in [-0.39, 0.29) is 12.0 Å². The Hall–Kier alpha value is -2.68. The maximum absolute atomic E-state index is 13.8. The van der Waals surface area contributed by atoms with Crippen LogP contribution in [0.4, 0.5) is 22.9 Å². The summed E-state index contributed by atoms with van der Waals surface area (Å²) in [5, 5.41) is 3.47. The summed E-state index contributed by atoms with van der Waals surface area (Å²) in [7, 11) is 0. The van der Waals surface area contributed by atoms with Gasteiger partial charge in [-0.3, -0.25) is 4.79 Å². The molecule has 0 unspecified atom stereocenters. The molecule has 2 bridgehead atoms. The largest absolute Gasteiger partial charge is 0.376 e. The van der Waals surface area contributed by atoms with Crippen LogP contribution in [0.15, 0.2) is 36.5 Å². The van der Waals surface area contributed by atoms with Crippen molar-refractivity contribution in [3.63, 3.8) is 0 Å². The molecule has 0 aliphatic carbocycles. The second-order valence-electron chi connectivity index (χ2n) is 9.58. The van der Waals surface area contributed by atoms with Gasteiger partial charge in [0.05, 0.1) is 49.4 Å². The molecule has 8 heteroatoms. The average Bonchev–Trinajstić information content (AvgIpc) is 3.06. The van der Waals surface area contributed by atoms with E-state index >= 15 is 0 Å². The number of carbonyl (C=O) groups is 1. The number of rotatable bonds is 4. The predicted molar refractivity (Wildman–Crippen MR) is 130 cm³/mol. The van der Waals surface area contributed by atoms with Crippen molar-refractivity contribution in [2.75, 3.05) is 41.5 Å². The Kier molecular flexibility index (Phi) is 5.89. The molecule has 0 radical (unpaired) electrons.